The van der Waals surface area contributed by atoms with Crippen LogP contribution in [0.5, 0.6) is 0 Å². The predicted octanol–water partition coefficient (Wildman–Crippen LogP) is 1.89. The smallest absolute Gasteiger partial charge is 0.243 e. The van der Waals surface area contributed by atoms with Gasteiger partial charge in [-0.1, -0.05) is 18.2 Å². The number of aromatic nitrogens is 1. The van der Waals surface area contributed by atoms with E-state index in [9.17, 15) is 9.59 Å². The van der Waals surface area contributed by atoms with Gasteiger partial charge in [0.1, 0.15) is 0 Å². The van der Waals surface area contributed by atoms with E-state index in [0.29, 0.717) is 5.69 Å². The number of amides is 2. The fourth-order valence-corrected chi connectivity index (χ4v) is 2.54. The highest BCUT2D eigenvalue weighted by atomic mass is 35.5. The summed E-state index contributed by atoms with van der Waals surface area (Å²) in [5, 5.41) is 9.45. The number of pyridine rings is 1. The second-order valence-electron chi connectivity index (χ2n) is 5.33. The van der Waals surface area contributed by atoms with Crippen molar-refractivity contribution in [2.45, 2.75) is 18.9 Å². The molecule has 24 heavy (non-hydrogen) atoms. The van der Waals surface area contributed by atoms with Crippen molar-refractivity contribution in [1.29, 1.82) is 0 Å². The first kappa shape index (κ1) is 20.2. The van der Waals surface area contributed by atoms with Crippen LogP contribution in [0.2, 0.25) is 0 Å². The molecule has 0 bridgehead atoms. The van der Waals surface area contributed by atoms with Crippen LogP contribution >= 0.6 is 24.8 Å². The lowest BCUT2D eigenvalue weighted by Crippen LogP contribution is -2.43. The summed E-state index contributed by atoms with van der Waals surface area (Å²) < 4.78 is 0. The van der Waals surface area contributed by atoms with Crippen LogP contribution in [0.25, 0.3) is 10.9 Å². The van der Waals surface area contributed by atoms with Crippen LogP contribution in [-0.4, -0.2) is 35.9 Å². The molecule has 1 aromatic carbocycles. The molecule has 1 aliphatic rings. The lowest BCUT2D eigenvalue weighted by atomic mass is 10.2. The van der Waals surface area contributed by atoms with Crippen LogP contribution in [0.1, 0.15) is 12.8 Å². The van der Waals surface area contributed by atoms with Gasteiger partial charge in [0, 0.05) is 5.39 Å². The standard InChI is InChI=1S/C16H18N4O2.2ClH/c21-15(10-19-16(22)14-6-3-7-17-14)20-12-8-11-4-1-2-5-13(11)18-9-12;;/h1-2,4-5,8-9,14,17H,3,6-7,10H2,(H,19,22)(H,20,21);2*1H. The van der Waals surface area contributed by atoms with Crippen molar-refractivity contribution >= 4 is 53.2 Å². The van der Waals surface area contributed by atoms with Crippen LogP contribution < -0.4 is 16.0 Å². The molecule has 0 radical (unpaired) electrons. The number of benzene rings is 1. The Morgan fingerprint density at radius 3 is 2.79 bits per heavy atom. The van der Waals surface area contributed by atoms with E-state index in [4.69, 9.17) is 0 Å². The fraction of sp³-hybridized carbons (Fsp3) is 0.312. The number of anilines is 1. The zero-order valence-electron chi connectivity index (χ0n) is 13.0. The van der Waals surface area contributed by atoms with E-state index in [1.54, 1.807) is 6.20 Å². The van der Waals surface area contributed by atoms with E-state index in [2.05, 4.69) is 20.9 Å². The Balaban J connectivity index is 0.00000144. The van der Waals surface area contributed by atoms with Crippen LogP contribution in [0, 0.1) is 0 Å². The molecule has 6 nitrogen and oxygen atoms in total. The molecule has 1 atom stereocenters. The van der Waals surface area contributed by atoms with Crippen molar-refractivity contribution < 1.29 is 9.59 Å². The molecule has 0 aliphatic carbocycles. The summed E-state index contributed by atoms with van der Waals surface area (Å²) in [7, 11) is 0. The molecule has 8 heteroatoms. The molecule has 2 amide bonds. The summed E-state index contributed by atoms with van der Waals surface area (Å²) in [5.41, 5.74) is 1.50. The van der Waals surface area contributed by atoms with Crippen molar-refractivity contribution in [2.24, 2.45) is 0 Å². The lowest BCUT2D eigenvalue weighted by molar-refractivity contribution is -0.125. The maximum absolute atomic E-state index is 11.9. The number of fused-ring (bicyclic) bond motifs is 1. The van der Waals surface area contributed by atoms with Crippen molar-refractivity contribution in [3.8, 4) is 0 Å². The largest absolute Gasteiger partial charge is 0.346 e. The second-order valence-corrected chi connectivity index (χ2v) is 5.33. The van der Waals surface area contributed by atoms with Crippen molar-refractivity contribution in [3.05, 3.63) is 36.5 Å². The van der Waals surface area contributed by atoms with E-state index in [0.717, 1.165) is 30.3 Å². The number of carbonyl (C=O) groups is 2. The number of rotatable bonds is 4. The predicted molar refractivity (Wildman–Crippen MR) is 98.9 cm³/mol. The van der Waals surface area contributed by atoms with Gasteiger partial charge in [-0.3, -0.25) is 14.6 Å². The summed E-state index contributed by atoms with van der Waals surface area (Å²) in [6.45, 7) is 0.816. The monoisotopic (exact) mass is 370 g/mol. The van der Waals surface area contributed by atoms with Gasteiger partial charge in [0.2, 0.25) is 11.8 Å². The number of hydrogen-bond acceptors (Lipinski definition) is 4. The highest BCUT2D eigenvalue weighted by Crippen LogP contribution is 2.15. The first-order valence-electron chi connectivity index (χ1n) is 7.38. The van der Waals surface area contributed by atoms with Gasteiger partial charge in [-0.25, -0.2) is 0 Å². The van der Waals surface area contributed by atoms with Gasteiger partial charge in [-0.05, 0) is 31.5 Å². The van der Waals surface area contributed by atoms with E-state index >= 15 is 0 Å². The van der Waals surface area contributed by atoms with Crippen LogP contribution in [0.15, 0.2) is 36.5 Å². The Kier molecular flexibility index (Phi) is 7.91. The minimum Gasteiger partial charge on any atom is -0.346 e. The van der Waals surface area contributed by atoms with Crippen molar-refractivity contribution in [1.82, 2.24) is 15.6 Å². The number of halogens is 2. The van der Waals surface area contributed by atoms with Crippen molar-refractivity contribution in [2.75, 3.05) is 18.4 Å². The third kappa shape index (κ3) is 5.06. The van der Waals surface area contributed by atoms with Gasteiger partial charge in [0.25, 0.3) is 0 Å². The molecule has 3 N–H and O–H groups in total. The fourth-order valence-electron chi connectivity index (χ4n) is 2.54. The molecule has 2 heterocycles. The Bertz CT molecular complexity index is 705. The summed E-state index contributed by atoms with van der Waals surface area (Å²) in [4.78, 5) is 28.0. The number of para-hydroxylation sites is 1. The molecular formula is C16H20Cl2N4O2. The number of carbonyl (C=O) groups excluding carboxylic acids is 2. The van der Waals surface area contributed by atoms with Gasteiger partial charge >= 0.3 is 0 Å². The third-order valence-electron chi connectivity index (χ3n) is 3.67. The molecule has 2 aromatic rings. The van der Waals surface area contributed by atoms with Crippen LogP contribution in [0.3, 0.4) is 0 Å². The zero-order chi connectivity index (χ0) is 15.4. The lowest BCUT2D eigenvalue weighted by Gasteiger charge is -2.11. The van der Waals surface area contributed by atoms with Gasteiger partial charge < -0.3 is 16.0 Å². The molecule has 1 fully saturated rings. The van der Waals surface area contributed by atoms with E-state index < -0.39 is 0 Å². The van der Waals surface area contributed by atoms with Crippen LogP contribution in [0.4, 0.5) is 5.69 Å². The Labute approximate surface area is 152 Å². The Hall–Kier alpha value is -1.89. The van der Waals surface area contributed by atoms with E-state index in [-0.39, 0.29) is 49.2 Å². The number of nitrogens with zero attached hydrogens (tertiary/aromatic N) is 1. The second kappa shape index (κ2) is 9.42. The highest BCUT2D eigenvalue weighted by Gasteiger charge is 2.21. The first-order chi connectivity index (χ1) is 10.7. The summed E-state index contributed by atoms with van der Waals surface area (Å²) >= 11 is 0. The molecule has 3 rings (SSSR count). The molecule has 0 saturated carbocycles. The molecular weight excluding hydrogens is 351 g/mol. The minimum atomic E-state index is -0.261. The summed E-state index contributed by atoms with van der Waals surface area (Å²) in [6.07, 6.45) is 3.43. The molecule has 1 aliphatic heterocycles. The Morgan fingerprint density at radius 2 is 2.04 bits per heavy atom. The normalized spacial score (nSPS) is 15.9. The zero-order valence-corrected chi connectivity index (χ0v) is 14.6. The van der Waals surface area contributed by atoms with Crippen molar-refractivity contribution in [3.63, 3.8) is 0 Å². The SMILES string of the molecule is Cl.Cl.O=C(CNC(=O)C1CCCN1)Nc1cnc2ccccc2c1. The molecule has 0 spiro atoms. The maximum Gasteiger partial charge on any atom is 0.243 e. The average Bonchev–Trinajstić information content (AvgIpc) is 3.07. The number of hydrogen-bond donors (Lipinski definition) is 3. The van der Waals surface area contributed by atoms with Gasteiger partial charge in [0.05, 0.1) is 30.0 Å². The van der Waals surface area contributed by atoms with Crippen LogP contribution in [-0.2, 0) is 9.59 Å². The third-order valence-corrected chi connectivity index (χ3v) is 3.67. The van der Waals surface area contributed by atoms with Gasteiger partial charge in [0.15, 0.2) is 0 Å². The van der Waals surface area contributed by atoms with E-state index in [1.165, 1.54) is 0 Å². The molecule has 1 saturated heterocycles. The summed E-state index contributed by atoms with van der Waals surface area (Å²) in [6, 6.07) is 9.38. The Morgan fingerprint density at radius 1 is 1.25 bits per heavy atom. The molecule has 130 valence electrons. The van der Waals surface area contributed by atoms with Gasteiger partial charge in [-0.2, -0.15) is 0 Å². The topological polar surface area (TPSA) is 83.1 Å². The minimum absolute atomic E-state index is 0. The molecule has 1 aromatic heterocycles. The molecule has 1 unspecified atom stereocenters. The highest BCUT2D eigenvalue weighted by molar-refractivity contribution is 5.96. The first-order valence-corrected chi connectivity index (χ1v) is 7.38. The number of nitrogens with one attached hydrogen (secondary N) is 3. The average molecular weight is 371 g/mol. The van der Waals surface area contributed by atoms with E-state index in [1.807, 2.05) is 30.3 Å². The van der Waals surface area contributed by atoms with Gasteiger partial charge in [-0.15, -0.1) is 24.8 Å². The maximum atomic E-state index is 11.9. The summed E-state index contributed by atoms with van der Waals surface area (Å²) in [5.74, 6) is -0.382. The quantitative estimate of drug-likeness (QED) is 0.767.